The third-order valence-electron chi connectivity index (χ3n) is 1.56. The molecule has 0 unspecified atom stereocenters. The summed E-state index contributed by atoms with van der Waals surface area (Å²) < 4.78 is 10.7. The van der Waals surface area contributed by atoms with Gasteiger partial charge in [-0.15, -0.1) is 0 Å². The molecule has 0 aromatic heterocycles. The van der Waals surface area contributed by atoms with Gasteiger partial charge >= 0.3 is 0 Å². The molecule has 1 aromatic carbocycles. The zero-order valence-corrected chi connectivity index (χ0v) is 8.84. The molecule has 3 nitrogen and oxygen atoms in total. The molecular formula is C9H8BrO3. The summed E-state index contributed by atoms with van der Waals surface area (Å²) in [4.78, 5) is 10.4. The average Bonchev–Trinajstić information content (AvgIpc) is 2.18. The van der Waals surface area contributed by atoms with Gasteiger partial charge in [0.15, 0.2) is 0 Å². The lowest BCUT2D eigenvalue weighted by Gasteiger charge is -2.08. The van der Waals surface area contributed by atoms with Crippen LogP contribution in [0.1, 0.15) is 5.56 Å². The first kappa shape index (κ1) is 10.1. The van der Waals surface area contributed by atoms with Gasteiger partial charge in [-0.1, -0.05) is 0 Å². The van der Waals surface area contributed by atoms with Crippen molar-refractivity contribution >= 4 is 22.2 Å². The van der Waals surface area contributed by atoms with Gasteiger partial charge in [-0.25, -0.2) is 0 Å². The molecule has 0 saturated carbocycles. The zero-order chi connectivity index (χ0) is 9.84. The highest BCUT2D eigenvalue weighted by atomic mass is 79.9. The van der Waals surface area contributed by atoms with Crippen LogP contribution in [0, 0.1) is 0 Å². The van der Waals surface area contributed by atoms with Crippen LogP contribution in [-0.2, 0) is 4.79 Å². The molecule has 1 rings (SSSR count). The summed E-state index contributed by atoms with van der Waals surface area (Å²) in [5, 5.41) is 0. The quantitative estimate of drug-likeness (QED) is 0.814. The molecule has 0 aliphatic rings. The average molecular weight is 244 g/mol. The van der Waals surface area contributed by atoms with Gasteiger partial charge in [0.1, 0.15) is 16.0 Å². The minimum absolute atomic E-state index is 0.400. The fourth-order valence-electron chi connectivity index (χ4n) is 0.928. The SMILES string of the molecule is COc1cc([C]=O)cc(OC)c1Br. The summed E-state index contributed by atoms with van der Waals surface area (Å²) in [5.74, 6) is 1.11. The Morgan fingerprint density at radius 1 is 1.23 bits per heavy atom. The Morgan fingerprint density at radius 3 is 2.00 bits per heavy atom. The Hall–Kier alpha value is -1.03. The molecule has 0 N–H and O–H groups in total. The predicted octanol–water partition coefficient (Wildman–Crippen LogP) is 1.92. The summed E-state index contributed by atoms with van der Waals surface area (Å²) in [7, 11) is 3.04. The van der Waals surface area contributed by atoms with Gasteiger partial charge in [0.25, 0.3) is 0 Å². The third-order valence-corrected chi connectivity index (χ3v) is 2.35. The Morgan fingerprint density at radius 2 is 1.69 bits per heavy atom. The lowest BCUT2D eigenvalue weighted by molar-refractivity contribution is 0.389. The molecule has 0 aliphatic carbocycles. The van der Waals surface area contributed by atoms with E-state index in [1.165, 1.54) is 14.2 Å². The molecule has 0 bridgehead atoms. The van der Waals surface area contributed by atoms with Crippen molar-refractivity contribution < 1.29 is 14.3 Å². The van der Waals surface area contributed by atoms with E-state index in [0.717, 1.165) is 0 Å². The predicted molar refractivity (Wildman–Crippen MR) is 52.0 cm³/mol. The maximum Gasteiger partial charge on any atom is 0.233 e. The molecule has 0 heterocycles. The van der Waals surface area contributed by atoms with Gasteiger partial charge in [0.05, 0.1) is 14.2 Å². The number of methoxy groups -OCH3 is 2. The molecule has 4 heteroatoms. The van der Waals surface area contributed by atoms with E-state index in [9.17, 15) is 4.79 Å². The van der Waals surface area contributed by atoms with Crippen molar-refractivity contribution in [2.24, 2.45) is 0 Å². The highest BCUT2D eigenvalue weighted by Crippen LogP contribution is 2.34. The molecule has 1 aromatic rings. The van der Waals surface area contributed by atoms with Crippen LogP contribution in [0.25, 0.3) is 0 Å². The molecule has 0 spiro atoms. The summed E-state index contributed by atoms with van der Waals surface area (Å²) in [6.45, 7) is 0. The minimum atomic E-state index is 0.400. The topological polar surface area (TPSA) is 35.5 Å². The number of rotatable bonds is 3. The Balaban J connectivity index is 3.28. The number of halogens is 1. The van der Waals surface area contributed by atoms with Crippen LogP contribution in [0.3, 0.4) is 0 Å². The fourth-order valence-corrected chi connectivity index (χ4v) is 1.48. The molecular weight excluding hydrogens is 236 g/mol. The van der Waals surface area contributed by atoms with Crippen molar-refractivity contribution in [1.82, 2.24) is 0 Å². The Bertz CT molecular complexity index is 298. The van der Waals surface area contributed by atoms with Crippen molar-refractivity contribution in [2.75, 3.05) is 14.2 Å². The largest absolute Gasteiger partial charge is 0.495 e. The van der Waals surface area contributed by atoms with Crippen LogP contribution < -0.4 is 9.47 Å². The second-order valence-corrected chi connectivity index (χ2v) is 3.09. The first-order valence-electron chi connectivity index (χ1n) is 3.52. The van der Waals surface area contributed by atoms with Gasteiger partial charge in [-0.05, 0) is 28.1 Å². The van der Waals surface area contributed by atoms with Gasteiger partial charge < -0.3 is 9.47 Å². The standard InChI is InChI=1S/C9H8BrO3/c1-12-7-3-6(5-11)4-8(13-2)9(7)10/h3-4H,1-2H3. The maximum absolute atomic E-state index is 10.4. The first-order chi connectivity index (χ1) is 6.22. The Labute approximate surface area is 84.8 Å². The van der Waals surface area contributed by atoms with Crippen LogP contribution in [0.2, 0.25) is 0 Å². The van der Waals surface area contributed by atoms with Crippen molar-refractivity contribution in [3.63, 3.8) is 0 Å². The Kier molecular flexibility index (Phi) is 3.31. The second-order valence-electron chi connectivity index (χ2n) is 2.30. The molecule has 0 amide bonds. The van der Waals surface area contributed by atoms with Crippen LogP contribution >= 0.6 is 15.9 Å². The molecule has 0 atom stereocenters. The highest BCUT2D eigenvalue weighted by Gasteiger charge is 2.09. The smallest absolute Gasteiger partial charge is 0.233 e. The van der Waals surface area contributed by atoms with E-state index in [-0.39, 0.29) is 0 Å². The molecule has 13 heavy (non-hydrogen) atoms. The number of hydrogen-bond acceptors (Lipinski definition) is 3. The normalized spacial score (nSPS) is 9.46. The van der Waals surface area contributed by atoms with Gasteiger partial charge in [0.2, 0.25) is 6.29 Å². The maximum atomic E-state index is 10.4. The van der Waals surface area contributed by atoms with Gasteiger partial charge in [-0.2, -0.15) is 0 Å². The highest BCUT2D eigenvalue weighted by molar-refractivity contribution is 9.10. The number of ether oxygens (including phenoxy) is 2. The lowest BCUT2D eigenvalue weighted by atomic mass is 10.2. The van der Waals surface area contributed by atoms with Crippen molar-refractivity contribution in [3.05, 3.63) is 22.2 Å². The van der Waals surface area contributed by atoms with E-state index in [0.29, 0.717) is 21.5 Å². The minimum Gasteiger partial charge on any atom is -0.495 e. The molecule has 0 aliphatic heterocycles. The van der Waals surface area contributed by atoms with Crippen LogP contribution in [0.4, 0.5) is 0 Å². The number of hydrogen-bond donors (Lipinski definition) is 0. The summed E-state index contributed by atoms with van der Waals surface area (Å²) in [5.41, 5.74) is 0.400. The third kappa shape index (κ3) is 2.01. The van der Waals surface area contributed by atoms with Crippen molar-refractivity contribution in [1.29, 1.82) is 0 Å². The lowest BCUT2D eigenvalue weighted by Crippen LogP contribution is -1.92. The summed E-state index contributed by atoms with van der Waals surface area (Å²) >= 11 is 3.29. The van der Waals surface area contributed by atoms with Crippen LogP contribution in [0.5, 0.6) is 11.5 Å². The number of benzene rings is 1. The van der Waals surface area contributed by atoms with Crippen LogP contribution in [0.15, 0.2) is 16.6 Å². The number of carbonyl (C=O) groups excluding carboxylic acids is 1. The van der Waals surface area contributed by atoms with Gasteiger partial charge in [-0.3, -0.25) is 4.79 Å². The molecule has 69 valence electrons. The molecule has 0 fully saturated rings. The van der Waals surface area contributed by atoms with Crippen LogP contribution in [-0.4, -0.2) is 20.5 Å². The van der Waals surface area contributed by atoms with Gasteiger partial charge in [0, 0.05) is 5.56 Å². The molecule has 0 saturated heterocycles. The summed E-state index contributed by atoms with van der Waals surface area (Å²) in [6.07, 6.45) is 1.77. The van der Waals surface area contributed by atoms with Crippen molar-refractivity contribution in [3.8, 4) is 11.5 Å². The zero-order valence-electron chi connectivity index (χ0n) is 7.26. The van der Waals surface area contributed by atoms with E-state index in [2.05, 4.69) is 15.9 Å². The van der Waals surface area contributed by atoms with E-state index < -0.39 is 0 Å². The van der Waals surface area contributed by atoms with E-state index in [4.69, 9.17) is 9.47 Å². The van der Waals surface area contributed by atoms with E-state index in [1.807, 2.05) is 0 Å². The van der Waals surface area contributed by atoms with Crippen molar-refractivity contribution in [2.45, 2.75) is 0 Å². The monoisotopic (exact) mass is 243 g/mol. The first-order valence-corrected chi connectivity index (χ1v) is 4.32. The van der Waals surface area contributed by atoms with E-state index >= 15 is 0 Å². The fraction of sp³-hybridized carbons (Fsp3) is 0.222. The second kappa shape index (κ2) is 4.28. The van der Waals surface area contributed by atoms with E-state index in [1.54, 1.807) is 18.4 Å². The molecule has 1 radical (unpaired) electrons. The summed E-state index contributed by atoms with van der Waals surface area (Å²) in [6, 6.07) is 3.17.